The van der Waals surface area contributed by atoms with Gasteiger partial charge in [0.25, 0.3) is 11.7 Å². The molecule has 0 saturated heterocycles. The van der Waals surface area contributed by atoms with Crippen molar-refractivity contribution < 1.29 is 4.79 Å². The minimum Gasteiger partial charge on any atom is -0.333 e. The van der Waals surface area contributed by atoms with Gasteiger partial charge in [0.05, 0.1) is 5.54 Å². The van der Waals surface area contributed by atoms with Crippen LogP contribution in [0.2, 0.25) is 0 Å². The van der Waals surface area contributed by atoms with Crippen molar-refractivity contribution in [2.75, 3.05) is 0 Å². The van der Waals surface area contributed by atoms with E-state index >= 15 is 0 Å². The lowest BCUT2D eigenvalue weighted by Gasteiger charge is -2.17. The second kappa shape index (κ2) is 3.23. The van der Waals surface area contributed by atoms with Crippen molar-refractivity contribution in [1.82, 2.24) is 25.9 Å². The fourth-order valence-corrected chi connectivity index (χ4v) is 0.634. The Kier molecular flexibility index (Phi) is 2.28. The quantitative estimate of drug-likeness (QED) is 0.590. The van der Waals surface area contributed by atoms with Gasteiger partial charge in [-0.2, -0.15) is 5.21 Å². The second-order valence-electron chi connectivity index (χ2n) is 2.96. The van der Waals surface area contributed by atoms with Crippen molar-refractivity contribution in [1.29, 1.82) is 0 Å². The van der Waals surface area contributed by atoms with Gasteiger partial charge in [-0.25, -0.2) is 0 Å². The van der Waals surface area contributed by atoms with Crippen molar-refractivity contribution in [2.45, 2.75) is 19.4 Å². The number of rotatable bonds is 2. The molecule has 1 aromatic heterocycles. The smallest absolute Gasteiger partial charge is 0.294 e. The average Bonchev–Trinajstić information content (AvgIpc) is 2.55. The molecule has 2 N–H and O–H groups in total. The SMILES string of the molecule is C#CC(C)(C)NC(=O)c1nn[nH]n1. The van der Waals surface area contributed by atoms with E-state index in [1.54, 1.807) is 13.8 Å². The van der Waals surface area contributed by atoms with Crippen LogP contribution in [0.4, 0.5) is 0 Å². The third-order valence-corrected chi connectivity index (χ3v) is 1.34. The maximum Gasteiger partial charge on any atom is 0.294 e. The van der Waals surface area contributed by atoms with E-state index < -0.39 is 11.4 Å². The van der Waals surface area contributed by atoms with Crippen molar-refractivity contribution in [2.24, 2.45) is 0 Å². The molecule has 0 radical (unpaired) electrons. The number of carbonyl (C=O) groups excluding carboxylic acids is 1. The molecule has 6 nitrogen and oxygen atoms in total. The van der Waals surface area contributed by atoms with Crippen LogP contribution in [0.15, 0.2) is 0 Å². The van der Waals surface area contributed by atoms with Crippen LogP contribution in [-0.4, -0.2) is 32.1 Å². The normalized spacial score (nSPS) is 10.5. The summed E-state index contributed by atoms with van der Waals surface area (Å²) in [5.74, 6) is 1.94. The summed E-state index contributed by atoms with van der Waals surface area (Å²) < 4.78 is 0. The monoisotopic (exact) mass is 179 g/mol. The van der Waals surface area contributed by atoms with E-state index in [-0.39, 0.29) is 5.82 Å². The summed E-state index contributed by atoms with van der Waals surface area (Å²) in [6.07, 6.45) is 5.18. The first-order chi connectivity index (χ1) is 6.05. The fourth-order valence-electron chi connectivity index (χ4n) is 0.634. The first kappa shape index (κ1) is 9.19. The lowest BCUT2D eigenvalue weighted by atomic mass is 10.1. The Morgan fingerprint density at radius 2 is 2.38 bits per heavy atom. The van der Waals surface area contributed by atoms with Crippen LogP contribution in [0.25, 0.3) is 0 Å². The first-order valence-corrected chi connectivity index (χ1v) is 3.59. The molecule has 0 aliphatic rings. The van der Waals surface area contributed by atoms with E-state index in [9.17, 15) is 4.79 Å². The zero-order valence-corrected chi connectivity index (χ0v) is 7.33. The van der Waals surface area contributed by atoms with Gasteiger partial charge in [0.1, 0.15) is 0 Å². The first-order valence-electron chi connectivity index (χ1n) is 3.59. The summed E-state index contributed by atoms with van der Waals surface area (Å²) in [6, 6.07) is 0. The minimum absolute atomic E-state index is 0.0247. The van der Waals surface area contributed by atoms with Gasteiger partial charge in [0.15, 0.2) is 0 Å². The van der Waals surface area contributed by atoms with Crippen molar-refractivity contribution in [3.63, 3.8) is 0 Å². The van der Waals surface area contributed by atoms with Gasteiger partial charge >= 0.3 is 0 Å². The topological polar surface area (TPSA) is 83.6 Å². The van der Waals surface area contributed by atoms with Gasteiger partial charge in [-0.15, -0.1) is 16.6 Å². The zero-order valence-electron chi connectivity index (χ0n) is 7.33. The van der Waals surface area contributed by atoms with E-state index in [4.69, 9.17) is 6.42 Å². The van der Waals surface area contributed by atoms with Crippen molar-refractivity contribution >= 4 is 5.91 Å². The van der Waals surface area contributed by atoms with Gasteiger partial charge in [-0.1, -0.05) is 5.92 Å². The van der Waals surface area contributed by atoms with Gasteiger partial charge in [-0.05, 0) is 19.1 Å². The number of nitrogens with one attached hydrogen (secondary N) is 2. The lowest BCUT2D eigenvalue weighted by Crippen LogP contribution is -2.42. The largest absolute Gasteiger partial charge is 0.333 e. The molecular formula is C7H9N5O. The predicted octanol–water partition coefficient (Wildman–Crippen LogP) is -0.659. The molecule has 0 aliphatic carbocycles. The van der Waals surface area contributed by atoms with E-state index in [1.165, 1.54) is 0 Å². The highest BCUT2D eigenvalue weighted by Gasteiger charge is 2.20. The number of hydrogen-bond acceptors (Lipinski definition) is 4. The van der Waals surface area contributed by atoms with Crippen LogP contribution < -0.4 is 5.32 Å². The van der Waals surface area contributed by atoms with Crippen LogP contribution in [0.3, 0.4) is 0 Å². The molecule has 6 heteroatoms. The van der Waals surface area contributed by atoms with E-state index in [2.05, 4.69) is 31.9 Å². The lowest BCUT2D eigenvalue weighted by molar-refractivity contribution is 0.0919. The summed E-state index contributed by atoms with van der Waals surface area (Å²) in [5, 5.41) is 15.0. The molecule has 0 bridgehead atoms. The molecule has 0 atom stereocenters. The maximum atomic E-state index is 11.3. The number of nitrogens with zero attached hydrogens (tertiary/aromatic N) is 3. The molecule has 68 valence electrons. The van der Waals surface area contributed by atoms with Crippen LogP contribution in [0.1, 0.15) is 24.5 Å². The molecular weight excluding hydrogens is 170 g/mol. The molecule has 1 amide bonds. The van der Waals surface area contributed by atoms with Crippen LogP contribution in [0, 0.1) is 12.3 Å². The molecule has 0 fully saturated rings. The van der Waals surface area contributed by atoms with Crippen LogP contribution in [0.5, 0.6) is 0 Å². The van der Waals surface area contributed by atoms with Gasteiger partial charge in [0, 0.05) is 0 Å². The molecule has 0 spiro atoms. The third-order valence-electron chi connectivity index (χ3n) is 1.34. The molecule has 0 aliphatic heterocycles. The number of hydrogen-bond donors (Lipinski definition) is 2. The Morgan fingerprint density at radius 1 is 1.69 bits per heavy atom. The molecule has 0 saturated carbocycles. The Morgan fingerprint density at radius 3 is 2.85 bits per heavy atom. The Hall–Kier alpha value is -1.90. The fraction of sp³-hybridized carbons (Fsp3) is 0.429. The molecule has 0 unspecified atom stereocenters. The van der Waals surface area contributed by atoms with Crippen LogP contribution >= 0.6 is 0 Å². The summed E-state index contributed by atoms with van der Waals surface area (Å²) in [7, 11) is 0. The maximum absolute atomic E-state index is 11.3. The number of aromatic nitrogens is 4. The standard InChI is InChI=1S/C7H9N5O/c1-4-7(2,3)8-6(13)5-9-11-12-10-5/h1H,2-3H3,(H,8,13)(H,9,10,11,12). The summed E-state index contributed by atoms with van der Waals surface area (Å²) >= 11 is 0. The van der Waals surface area contributed by atoms with E-state index in [0.717, 1.165) is 0 Å². The number of amides is 1. The molecule has 13 heavy (non-hydrogen) atoms. The highest BCUT2D eigenvalue weighted by molar-refractivity contribution is 5.90. The highest BCUT2D eigenvalue weighted by atomic mass is 16.2. The van der Waals surface area contributed by atoms with E-state index in [0.29, 0.717) is 0 Å². The number of carbonyl (C=O) groups is 1. The van der Waals surface area contributed by atoms with Crippen molar-refractivity contribution in [3.8, 4) is 12.3 Å². The highest BCUT2D eigenvalue weighted by Crippen LogP contribution is 1.99. The minimum atomic E-state index is -0.711. The molecule has 1 heterocycles. The summed E-state index contributed by atoms with van der Waals surface area (Å²) in [4.78, 5) is 11.3. The Labute approximate surface area is 75.1 Å². The number of terminal acetylenes is 1. The molecule has 0 aromatic carbocycles. The van der Waals surface area contributed by atoms with Gasteiger partial charge in [0.2, 0.25) is 0 Å². The number of tetrazole rings is 1. The van der Waals surface area contributed by atoms with Gasteiger partial charge < -0.3 is 5.32 Å². The number of H-pyrrole nitrogens is 1. The number of aromatic amines is 1. The zero-order chi connectivity index (χ0) is 9.90. The summed E-state index contributed by atoms with van der Waals surface area (Å²) in [5.41, 5.74) is -0.711. The molecule has 1 aromatic rings. The average molecular weight is 179 g/mol. The van der Waals surface area contributed by atoms with Gasteiger partial charge in [-0.3, -0.25) is 4.79 Å². The van der Waals surface area contributed by atoms with E-state index in [1.807, 2.05) is 0 Å². The molecule has 1 rings (SSSR count). The summed E-state index contributed by atoms with van der Waals surface area (Å²) in [6.45, 7) is 3.40. The Balaban J connectivity index is 2.68. The van der Waals surface area contributed by atoms with Crippen LogP contribution in [-0.2, 0) is 0 Å². The predicted molar refractivity (Wildman–Crippen MR) is 44.6 cm³/mol. The van der Waals surface area contributed by atoms with Crippen molar-refractivity contribution in [3.05, 3.63) is 5.82 Å². The second-order valence-corrected chi connectivity index (χ2v) is 2.96. The third kappa shape index (κ3) is 2.27. The Bertz CT molecular complexity index is 334.